The Kier molecular flexibility index (Phi) is 5.44. The second-order valence-corrected chi connectivity index (χ2v) is 10.1. The number of aromatic nitrogens is 1. The third-order valence-corrected chi connectivity index (χ3v) is 7.90. The summed E-state index contributed by atoms with van der Waals surface area (Å²) in [5.74, 6) is -2.31. The molecule has 2 aliphatic heterocycles. The summed E-state index contributed by atoms with van der Waals surface area (Å²) in [4.78, 5) is 24.1. The van der Waals surface area contributed by atoms with Crippen LogP contribution < -0.4 is 11.1 Å². The molecule has 3 atom stereocenters. The number of sulfone groups is 1. The lowest BCUT2D eigenvalue weighted by Gasteiger charge is -2.33. The molecular formula is C21H20FN5O4S. The van der Waals surface area contributed by atoms with Gasteiger partial charge in [-0.15, -0.1) is 0 Å². The lowest BCUT2D eigenvalue weighted by Crippen LogP contribution is -2.40. The van der Waals surface area contributed by atoms with Gasteiger partial charge in [0, 0.05) is 23.4 Å². The van der Waals surface area contributed by atoms with Crippen molar-refractivity contribution in [2.75, 3.05) is 24.3 Å². The number of amides is 1. The fourth-order valence-corrected chi connectivity index (χ4v) is 6.01. The van der Waals surface area contributed by atoms with Gasteiger partial charge in [0.25, 0.3) is 5.91 Å². The minimum Gasteiger partial charge on any atom is -0.387 e. The number of halogens is 1. The van der Waals surface area contributed by atoms with E-state index in [-0.39, 0.29) is 36.0 Å². The summed E-state index contributed by atoms with van der Waals surface area (Å²) in [6.45, 7) is 8.66. The van der Waals surface area contributed by atoms with Crippen LogP contribution in [0.3, 0.4) is 0 Å². The van der Waals surface area contributed by atoms with Gasteiger partial charge in [-0.1, -0.05) is 6.07 Å². The molecule has 0 spiro atoms. The molecule has 0 radical (unpaired) electrons. The van der Waals surface area contributed by atoms with Gasteiger partial charge in [-0.3, -0.25) is 14.8 Å². The number of rotatable bonds is 3. The van der Waals surface area contributed by atoms with Crippen molar-refractivity contribution >= 4 is 33.0 Å². The molecule has 1 aromatic carbocycles. The molecule has 2 aromatic rings. The molecule has 11 heteroatoms. The number of anilines is 1. The Hall–Kier alpha value is -3.36. The van der Waals surface area contributed by atoms with E-state index in [1.54, 1.807) is 6.92 Å². The molecule has 1 aromatic heterocycles. The molecule has 1 fully saturated rings. The number of nitrogens with two attached hydrogens (primary N) is 1. The van der Waals surface area contributed by atoms with Gasteiger partial charge in [-0.25, -0.2) is 17.7 Å². The topological polar surface area (TPSA) is 128 Å². The largest absolute Gasteiger partial charge is 0.387 e. The zero-order chi connectivity index (χ0) is 23.1. The Bertz CT molecular complexity index is 1260. The summed E-state index contributed by atoms with van der Waals surface area (Å²) in [6.07, 6.45) is 1.28. The lowest BCUT2D eigenvalue weighted by molar-refractivity contribution is 0.102. The molecule has 0 saturated carbocycles. The Labute approximate surface area is 184 Å². The molecule has 3 N–H and O–H groups in total. The van der Waals surface area contributed by atoms with Crippen molar-refractivity contribution in [2.45, 2.75) is 17.7 Å². The van der Waals surface area contributed by atoms with Crippen LogP contribution in [0, 0.1) is 18.3 Å². The van der Waals surface area contributed by atoms with Gasteiger partial charge in [0.05, 0.1) is 30.6 Å². The molecule has 3 heterocycles. The lowest BCUT2D eigenvalue weighted by atomic mass is 9.78. The van der Waals surface area contributed by atoms with Gasteiger partial charge >= 0.3 is 0 Å². The quantitative estimate of drug-likeness (QED) is 0.679. The fraction of sp³-hybridized carbons (Fsp3) is 0.333. The first-order valence-corrected chi connectivity index (χ1v) is 11.4. The summed E-state index contributed by atoms with van der Waals surface area (Å²) in [6, 6.07) is 6.87. The zero-order valence-corrected chi connectivity index (χ0v) is 17.9. The highest BCUT2D eigenvalue weighted by Gasteiger charge is 2.52. The van der Waals surface area contributed by atoms with E-state index in [0.29, 0.717) is 5.69 Å². The number of aliphatic imine (C=N–C) groups is 1. The van der Waals surface area contributed by atoms with Crippen molar-refractivity contribution in [1.82, 2.24) is 4.98 Å². The Morgan fingerprint density at radius 2 is 2.12 bits per heavy atom. The average Bonchev–Trinajstić information content (AvgIpc) is 3.24. The molecule has 0 bridgehead atoms. The van der Waals surface area contributed by atoms with Crippen molar-refractivity contribution in [2.24, 2.45) is 16.6 Å². The van der Waals surface area contributed by atoms with Crippen LogP contribution in [0.25, 0.3) is 4.85 Å². The van der Waals surface area contributed by atoms with Gasteiger partial charge < -0.3 is 15.8 Å². The number of benzene rings is 1. The Morgan fingerprint density at radius 1 is 1.34 bits per heavy atom. The third-order valence-electron chi connectivity index (χ3n) is 5.82. The van der Waals surface area contributed by atoms with Crippen LogP contribution >= 0.6 is 0 Å². The third kappa shape index (κ3) is 3.83. The number of fused-ring (bicyclic) bond motifs is 1. The molecular weight excluding hydrogens is 437 g/mol. The second-order valence-electron chi connectivity index (χ2n) is 7.90. The van der Waals surface area contributed by atoms with E-state index in [1.807, 2.05) is 0 Å². The van der Waals surface area contributed by atoms with E-state index in [1.165, 1.54) is 36.5 Å². The molecule has 1 saturated heterocycles. The summed E-state index contributed by atoms with van der Waals surface area (Å²) >= 11 is 0. The van der Waals surface area contributed by atoms with Crippen LogP contribution in [-0.4, -0.2) is 49.4 Å². The number of hydrogen-bond donors (Lipinski definition) is 2. The molecule has 32 heavy (non-hydrogen) atoms. The van der Waals surface area contributed by atoms with Crippen molar-refractivity contribution < 1.29 is 22.3 Å². The number of hydrogen-bond acceptors (Lipinski definition) is 7. The first-order valence-electron chi connectivity index (χ1n) is 9.72. The summed E-state index contributed by atoms with van der Waals surface area (Å²) in [5, 5.41) is 1.79. The molecule has 1 amide bonds. The smallest absolute Gasteiger partial charge is 0.274 e. The number of ether oxygens (including phenoxy) is 1. The maximum Gasteiger partial charge on any atom is 0.274 e. The highest BCUT2D eigenvalue weighted by Crippen LogP contribution is 2.44. The normalized spacial score (nSPS) is 26.3. The minimum absolute atomic E-state index is 0.00426. The van der Waals surface area contributed by atoms with Crippen molar-refractivity contribution in [3.05, 3.63) is 65.0 Å². The van der Waals surface area contributed by atoms with E-state index in [9.17, 15) is 17.6 Å². The summed E-state index contributed by atoms with van der Waals surface area (Å²) in [5.41, 5.74) is 5.36. The molecule has 4 rings (SSSR count). The van der Waals surface area contributed by atoms with Gasteiger partial charge in [0.1, 0.15) is 23.1 Å². The zero-order valence-electron chi connectivity index (χ0n) is 17.1. The minimum atomic E-state index is -3.61. The SMILES string of the molecule is [C-]#[N+]c1ccc(C(=O)Nc2ccc(F)c([C@@]3(C)N=C(N)CS(=O)(=O)[C@H]4COC[C@@H]43)c2)nc1. The number of carbonyl (C=O) groups excluding carboxylic acids is 1. The van der Waals surface area contributed by atoms with Crippen molar-refractivity contribution in [1.29, 1.82) is 0 Å². The van der Waals surface area contributed by atoms with Crippen LogP contribution in [0.2, 0.25) is 0 Å². The van der Waals surface area contributed by atoms with Crippen LogP contribution in [0.15, 0.2) is 41.5 Å². The van der Waals surface area contributed by atoms with Crippen LogP contribution in [0.1, 0.15) is 23.0 Å². The second kappa shape index (κ2) is 7.96. The van der Waals surface area contributed by atoms with Crippen molar-refractivity contribution in [3.63, 3.8) is 0 Å². The summed E-state index contributed by atoms with van der Waals surface area (Å²) < 4.78 is 45.8. The predicted molar refractivity (Wildman–Crippen MR) is 116 cm³/mol. The maximum atomic E-state index is 15.0. The van der Waals surface area contributed by atoms with E-state index >= 15 is 0 Å². The maximum absolute atomic E-state index is 15.0. The Balaban J connectivity index is 1.71. The number of nitrogens with zero attached hydrogens (tertiary/aromatic N) is 3. The fourth-order valence-electron chi connectivity index (χ4n) is 4.17. The van der Waals surface area contributed by atoms with Crippen LogP contribution in [-0.2, 0) is 20.1 Å². The molecule has 9 nitrogen and oxygen atoms in total. The molecule has 0 unspecified atom stereocenters. The van der Waals surface area contributed by atoms with Crippen LogP contribution in [0.5, 0.6) is 0 Å². The number of amidine groups is 1. The van der Waals surface area contributed by atoms with Gasteiger partial charge in [-0.05, 0) is 31.2 Å². The van der Waals surface area contributed by atoms with E-state index in [4.69, 9.17) is 17.0 Å². The number of pyridine rings is 1. The first kappa shape index (κ1) is 21.9. The Morgan fingerprint density at radius 3 is 2.81 bits per heavy atom. The highest BCUT2D eigenvalue weighted by molar-refractivity contribution is 7.92. The predicted octanol–water partition coefficient (Wildman–Crippen LogP) is 2.04. The van der Waals surface area contributed by atoms with Gasteiger partial charge in [0.2, 0.25) is 5.69 Å². The highest BCUT2D eigenvalue weighted by atomic mass is 32.2. The van der Waals surface area contributed by atoms with Gasteiger partial charge in [-0.2, -0.15) is 0 Å². The molecule has 2 aliphatic rings. The number of carbonyl (C=O) groups is 1. The van der Waals surface area contributed by atoms with E-state index < -0.39 is 44.0 Å². The van der Waals surface area contributed by atoms with Crippen molar-refractivity contribution in [3.8, 4) is 0 Å². The first-order chi connectivity index (χ1) is 15.1. The van der Waals surface area contributed by atoms with Gasteiger partial charge in [0.15, 0.2) is 9.84 Å². The average molecular weight is 457 g/mol. The number of nitrogens with one attached hydrogen (secondary N) is 1. The molecule has 0 aliphatic carbocycles. The monoisotopic (exact) mass is 457 g/mol. The standard InChI is InChI=1S/C21H20FN5O4S/c1-21(15-9-31-10-18(15)32(29,30)11-19(23)27-21)14-7-12(3-5-16(14)22)26-20(28)17-6-4-13(24-2)8-25-17/h3-8,15,18H,9-11H2,1H3,(H2,23,27)(H,26,28)/t15-,18-,21+/m0/s1. The summed E-state index contributed by atoms with van der Waals surface area (Å²) in [7, 11) is -3.61. The van der Waals surface area contributed by atoms with E-state index in [0.717, 1.165) is 0 Å². The van der Waals surface area contributed by atoms with Crippen LogP contribution in [0.4, 0.5) is 15.8 Å². The molecule has 166 valence electrons. The van der Waals surface area contributed by atoms with E-state index in [2.05, 4.69) is 20.1 Å².